The van der Waals surface area contributed by atoms with Gasteiger partial charge in [0, 0.05) is 5.71 Å². The van der Waals surface area contributed by atoms with Crippen LogP contribution >= 0.6 is 0 Å². The summed E-state index contributed by atoms with van der Waals surface area (Å²) in [5, 5.41) is 11.4. The summed E-state index contributed by atoms with van der Waals surface area (Å²) in [6, 6.07) is 0. The SMILES string of the molecule is CCCC(=N)Cn1cncn1. The lowest BCUT2D eigenvalue weighted by atomic mass is 10.2. The van der Waals surface area contributed by atoms with E-state index in [9.17, 15) is 0 Å². The minimum absolute atomic E-state index is 0.577. The van der Waals surface area contributed by atoms with Crippen LogP contribution in [-0.4, -0.2) is 20.5 Å². The average molecular weight is 152 g/mol. The predicted octanol–water partition coefficient (Wildman–Crippen LogP) is 1.10. The predicted molar refractivity (Wildman–Crippen MR) is 42.7 cm³/mol. The highest BCUT2D eigenvalue weighted by molar-refractivity contribution is 5.80. The van der Waals surface area contributed by atoms with Crippen molar-refractivity contribution in [1.82, 2.24) is 14.8 Å². The van der Waals surface area contributed by atoms with Gasteiger partial charge in [-0.15, -0.1) is 0 Å². The van der Waals surface area contributed by atoms with E-state index in [1.54, 1.807) is 11.0 Å². The normalized spacial score (nSPS) is 9.91. The molecule has 11 heavy (non-hydrogen) atoms. The van der Waals surface area contributed by atoms with Crippen LogP contribution in [-0.2, 0) is 6.54 Å². The zero-order valence-electron chi connectivity index (χ0n) is 6.62. The van der Waals surface area contributed by atoms with Crippen molar-refractivity contribution in [2.24, 2.45) is 0 Å². The van der Waals surface area contributed by atoms with Crippen LogP contribution in [0.25, 0.3) is 0 Å². The summed E-state index contributed by atoms with van der Waals surface area (Å²) in [4.78, 5) is 3.79. The number of hydrogen-bond donors (Lipinski definition) is 1. The molecule has 1 heterocycles. The number of aromatic nitrogens is 3. The lowest BCUT2D eigenvalue weighted by molar-refractivity contribution is 0.707. The third-order valence-corrected chi connectivity index (χ3v) is 1.37. The third kappa shape index (κ3) is 2.49. The molecule has 0 spiro atoms. The zero-order valence-corrected chi connectivity index (χ0v) is 6.62. The van der Waals surface area contributed by atoms with Gasteiger partial charge >= 0.3 is 0 Å². The monoisotopic (exact) mass is 152 g/mol. The Labute approximate surface area is 65.8 Å². The van der Waals surface area contributed by atoms with Gasteiger partial charge in [0.05, 0.1) is 6.54 Å². The number of hydrogen-bond acceptors (Lipinski definition) is 3. The summed E-state index contributed by atoms with van der Waals surface area (Å²) in [7, 11) is 0. The summed E-state index contributed by atoms with van der Waals surface area (Å²) in [5.41, 5.74) is 0.706. The molecule has 0 bridgehead atoms. The molecule has 0 fully saturated rings. The van der Waals surface area contributed by atoms with Crippen molar-refractivity contribution >= 4 is 5.71 Å². The fourth-order valence-corrected chi connectivity index (χ4v) is 0.891. The molecule has 4 nitrogen and oxygen atoms in total. The summed E-state index contributed by atoms with van der Waals surface area (Å²) in [5.74, 6) is 0. The molecule has 1 rings (SSSR count). The number of nitrogens with zero attached hydrogens (tertiary/aromatic N) is 3. The summed E-state index contributed by atoms with van der Waals surface area (Å²) < 4.78 is 1.66. The maximum atomic E-state index is 7.48. The molecule has 0 unspecified atom stereocenters. The Kier molecular flexibility index (Phi) is 2.77. The van der Waals surface area contributed by atoms with Gasteiger partial charge in [0.15, 0.2) is 0 Å². The second kappa shape index (κ2) is 3.85. The van der Waals surface area contributed by atoms with E-state index < -0.39 is 0 Å². The molecule has 1 aromatic rings. The van der Waals surface area contributed by atoms with Gasteiger partial charge in [0.1, 0.15) is 12.7 Å². The standard InChI is InChI=1S/C7H12N4/c1-2-3-7(8)4-11-6-9-5-10-11/h5-6,8H,2-4H2,1H3. The lowest BCUT2D eigenvalue weighted by Crippen LogP contribution is -2.08. The van der Waals surface area contributed by atoms with Crippen molar-refractivity contribution in [2.45, 2.75) is 26.3 Å². The Balaban J connectivity index is 2.37. The van der Waals surface area contributed by atoms with Gasteiger partial charge < -0.3 is 5.41 Å². The molecule has 0 aliphatic rings. The quantitative estimate of drug-likeness (QED) is 0.657. The summed E-state index contributed by atoms with van der Waals surface area (Å²) >= 11 is 0. The summed E-state index contributed by atoms with van der Waals surface area (Å²) in [6.45, 7) is 2.64. The van der Waals surface area contributed by atoms with Crippen LogP contribution in [0.15, 0.2) is 12.7 Å². The third-order valence-electron chi connectivity index (χ3n) is 1.37. The summed E-state index contributed by atoms with van der Waals surface area (Å²) in [6.07, 6.45) is 4.98. The minimum atomic E-state index is 0.577. The second-order valence-corrected chi connectivity index (χ2v) is 2.45. The molecule has 4 heteroatoms. The van der Waals surface area contributed by atoms with Gasteiger partial charge in [-0.2, -0.15) is 5.10 Å². The largest absolute Gasteiger partial charge is 0.308 e. The molecule has 1 aromatic heterocycles. The van der Waals surface area contributed by atoms with E-state index in [0.29, 0.717) is 12.3 Å². The van der Waals surface area contributed by atoms with E-state index in [0.717, 1.165) is 12.8 Å². The van der Waals surface area contributed by atoms with Crippen molar-refractivity contribution in [3.05, 3.63) is 12.7 Å². The lowest BCUT2D eigenvalue weighted by Gasteiger charge is -2.00. The topological polar surface area (TPSA) is 54.6 Å². The molecular weight excluding hydrogens is 140 g/mol. The first-order chi connectivity index (χ1) is 5.33. The molecule has 0 aromatic carbocycles. The van der Waals surface area contributed by atoms with Crippen molar-refractivity contribution in [3.63, 3.8) is 0 Å². The van der Waals surface area contributed by atoms with Crippen molar-refractivity contribution < 1.29 is 0 Å². The molecule has 0 aliphatic heterocycles. The van der Waals surface area contributed by atoms with Crippen LogP contribution in [0.3, 0.4) is 0 Å². The Morgan fingerprint density at radius 1 is 1.64 bits per heavy atom. The molecule has 0 amide bonds. The molecule has 1 N–H and O–H groups in total. The van der Waals surface area contributed by atoms with Crippen molar-refractivity contribution in [3.8, 4) is 0 Å². The molecule has 0 atom stereocenters. The highest BCUT2D eigenvalue weighted by Crippen LogP contribution is 1.92. The second-order valence-electron chi connectivity index (χ2n) is 2.45. The fourth-order valence-electron chi connectivity index (χ4n) is 0.891. The van der Waals surface area contributed by atoms with E-state index in [4.69, 9.17) is 5.41 Å². The van der Waals surface area contributed by atoms with Crippen LogP contribution in [0, 0.1) is 5.41 Å². The van der Waals surface area contributed by atoms with Gasteiger partial charge in [-0.25, -0.2) is 9.67 Å². The molecule has 0 radical (unpaired) electrons. The van der Waals surface area contributed by atoms with Crippen LogP contribution in [0.2, 0.25) is 0 Å². The van der Waals surface area contributed by atoms with Gasteiger partial charge in [-0.1, -0.05) is 13.3 Å². The average Bonchev–Trinajstić information content (AvgIpc) is 2.40. The maximum absolute atomic E-state index is 7.48. The smallest absolute Gasteiger partial charge is 0.137 e. The maximum Gasteiger partial charge on any atom is 0.137 e. The molecule has 0 saturated heterocycles. The number of rotatable bonds is 4. The Morgan fingerprint density at radius 3 is 3.00 bits per heavy atom. The van der Waals surface area contributed by atoms with Crippen LogP contribution in [0.4, 0.5) is 0 Å². The Hall–Kier alpha value is -1.19. The van der Waals surface area contributed by atoms with Gasteiger partial charge in [-0.05, 0) is 6.42 Å². The van der Waals surface area contributed by atoms with Gasteiger partial charge in [0.2, 0.25) is 0 Å². The highest BCUT2D eigenvalue weighted by Gasteiger charge is 1.96. The van der Waals surface area contributed by atoms with Crippen molar-refractivity contribution in [1.29, 1.82) is 5.41 Å². The van der Waals surface area contributed by atoms with E-state index in [1.165, 1.54) is 6.33 Å². The van der Waals surface area contributed by atoms with E-state index in [1.807, 2.05) is 0 Å². The number of nitrogens with one attached hydrogen (secondary N) is 1. The first-order valence-electron chi connectivity index (χ1n) is 3.71. The van der Waals surface area contributed by atoms with Gasteiger partial charge in [-0.3, -0.25) is 0 Å². The highest BCUT2D eigenvalue weighted by atomic mass is 15.3. The van der Waals surface area contributed by atoms with Crippen LogP contribution in [0.5, 0.6) is 0 Å². The Morgan fingerprint density at radius 2 is 2.45 bits per heavy atom. The molecule has 60 valence electrons. The van der Waals surface area contributed by atoms with Crippen LogP contribution in [0.1, 0.15) is 19.8 Å². The minimum Gasteiger partial charge on any atom is -0.308 e. The van der Waals surface area contributed by atoms with E-state index in [-0.39, 0.29) is 0 Å². The van der Waals surface area contributed by atoms with E-state index in [2.05, 4.69) is 17.0 Å². The van der Waals surface area contributed by atoms with Crippen LogP contribution < -0.4 is 0 Å². The van der Waals surface area contributed by atoms with E-state index >= 15 is 0 Å². The Bertz CT molecular complexity index is 214. The molecular formula is C7H12N4. The molecule has 0 aliphatic carbocycles. The first kappa shape index (κ1) is 7.91. The molecule has 0 saturated carbocycles. The first-order valence-corrected chi connectivity index (χ1v) is 3.71. The fraction of sp³-hybridized carbons (Fsp3) is 0.571. The van der Waals surface area contributed by atoms with Crippen molar-refractivity contribution in [2.75, 3.05) is 0 Å². The zero-order chi connectivity index (χ0) is 8.10. The van der Waals surface area contributed by atoms with Gasteiger partial charge in [0.25, 0.3) is 0 Å².